The lowest BCUT2D eigenvalue weighted by Crippen LogP contribution is -2.35. The number of carbonyl (C=O) groups excluding carboxylic acids is 2. The van der Waals surface area contributed by atoms with Crippen molar-refractivity contribution in [2.45, 2.75) is 44.4 Å². The van der Waals surface area contributed by atoms with Crippen molar-refractivity contribution in [2.24, 2.45) is 0 Å². The summed E-state index contributed by atoms with van der Waals surface area (Å²) in [4.78, 5) is 40.4. The van der Waals surface area contributed by atoms with Crippen LogP contribution in [0.1, 0.15) is 37.9 Å². The van der Waals surface area contributed by atoms with E-state index in [9.17, 15) is 31.2 Å². The maximum absolute atomic E-state index is 14.1. The Morgan fingerprint density at radius 2 is 1.69 bits per heavy atom. The van der Waals surface area contributed by atoms with Gasteiger partial charge in [-0.05, 0) is 78.0 Å². The van der Waals surface area contributed by atoms with Gasteiger partial charge < -0.3 is 31.1 Å². The van der Waals surface area contributed by atoms with Crippen molar-refractivity contribution in [3.8, 4) is 5.75 Å². The predicted molar refractivity (Wildman–Crippen MR) is 179 cm³/mol. The van der Waals surface area contributed by atoms with Gasteiger partial charge in [-0.15, -0.1) is 0 Å². The Kier molecular flexibility index (Phi) is 12.5. The number of ether oxygens (including phenoxy) is 1. The summed E-state index contributed by atoms with van der Waals surface area (Å²) in [5.74, 6) is -2.42. The number of pyridine rings is 1. The number of sulfone groups is 1. The highest BCUT2D eigenvalue weighted by Gasteiger charge is 2.38. The van der Waals surface area contributed by atoms with E-state index in [1.54, 1.807) is 38.4 Å². The summed E-state index contributed by atoms with van der Waals surface area (Å²) in [6.45, 7) is 5.28. The van der Waals surface area contributed by atoms with E-state index in [4.69, 9.17) is 20.4 Å². The Bertz CT molecular complexity index is 1940. The number of fused-ring (bicyclic) bond motifs is 1. The molecule has 5 N–H and O–H groups in total. The number of rotatable bonds is 11. The molecule has 262 valence electrons. The molecule has 0 bridgehead atoms. The second kappa shape index (κ2) is 16.1. The van der Waals surface area contributed by atoms with Gasteiger partial charge in [0, 0.05) is 43.5 Å². The average molecular weight is 704 g/mol. The molecule has 0 aliphatic carbocycles. The van der Waals surface area contributed by atoms with Crippen LogP contribution < -0.4 is 21.1 Å². The molecule has 0 spiro atoms. The van der Waals surface area contributed by atoms with E-state index in [0.717, 1.165) is 10.8 Å². The van der Waals surface area contributed by atoms with Crippen LogP contribution in [0.5, 0.6) is 5.75 Å². The van der Waals surface area contributed by atoms with Gasteiger partial charge in [0.05, 0.1) is 17.3 Å². The minimum Gasteiger partial charge on any atom is -0.494 e. The summed E-state index contributed by atoms with van der Waals surface area (Å²) in [6, 6.07) is 18.4. The molecule has 3 aromatic carbocycles. The predicted octanol–water partition coefficient (Wildman–Crippen LogP) is 5.41. The first-order valence-corrected chi connectivity index (χ1v) is 16.4. The molecule has 4 aromatic rings. The number of likely N-dealkylation sites (N-methyl/N-ethyl adjacent to an activating group) is 1. The second-order valence-corrected chi connectivity index (χ2v) is 12.9. The van der Waals surface area contributed by atoms with Gasteiger partial charge >= 0.3 is 12.1 Å². The summed E-state index contributed by atoms with van der Waals surface area (Å²) < 4.78 is 63.2. The SMILES string of the molecule is CCOc1cccc(C(Nc2ccc3c(N)nccc3c2)C(=O)N(C)Cc2cc(NC(C)=O)ccc2S(=O)(=O)CC)c1.O=C(O)C(F)(F)F. The number of hydrogen-bond donors (Lipinski definition) is 4. The van der Waals surface area contributed by atoms with Gasteiger partial charge in [0.15, 0.2) is 9.84 Å². The molecule has 12 nitrogen and oxygen atoms in total. The fourth-order valence-corrected chi connectivity index (χ4v) is 5.80. The van der Waals surface area contributed by atoms with Crippen LogP contribution in [0.2, 0.25) is 0 Å². The summed E-state index contributed by atoms with van der Waals surface area (Å²) in [6.07, 6.45) is -3.46. The number of nitrogens with two attached hydrogens (primary N) is 1. The number of carboxylic acid groups (broad SMARTS) is 1. The highest BCUT2D eigenvalue weighted by Crippen LogP contribution is 2.30. The van der Waals surface area contributed by atoms with Crippen LogP contribution >= 0.6 is 0 Å². The first kappa shape index (κ1) is 38.1. The smallest absolute Gasteiger partial charge is 0.490 e. The topological polar surface area (TPSA) is 181 Å². The number of carboxylic acids is 1. The van der Waals surface area contributed by atoms with Crippen molar-refractivity contribution < 1.29 is 45.8 Å². The number of aromatic nitrogens is 1. The van der Waals surface area contributed by atoms with Gasteiger partial charge in [-0.1, -0.05) is 19.1 Å². The van der Waals surface area contributed by atoms with Gasteiger partial charge in [-0.2, -0.15) is 13.2 Å². The number of nitrogen functional groups attached to an aromatic ring is 1. The second-order valence-electron chi connectivity index (χ2n) is 10.6. The highest BCUT2D eigenvalue weighted by molar-refractivity contribution is 7.91. The Labute approximate surface area is 281 Å². The van der Waals surface area contributed by atoms with Crippen molar-refractivity contribution in [1.29, 1.82) is 0 Å². The Morgan fingerprint density at radius 1 is 1.02 bits per heavy atom. The summed E-state index contributed by atoms with van der Waals surface area (Å²) in [5.41, 5.74) is 8.21. The molecular weight excluding hydrogens is 667 g/mol. The largest absolute Gasteiger partial charge is 0.494 e. The zero-order valence-electron chi connectivity index (χ0n) is 27.0. The quantitative estimate of drug-likeness (QED) is 0.158. The van der Waals surface area contributed by atoms with Crippen molar-refractivity contribution in [3.63, 3.8) is 0 Å². The van der Waals surface area contributed by atoms with E-state index in [2.05, 4.69) is 15.6 Å². The molecule has 1 unspecified atom stereocenters. The van der Waals surface area contributed by atoms with Crippen LogP contribution in [-0.4, -0.2) is 66.8 Å². The molecule has 0 fully saturated rings. The summed E-state index contributed by atoms with van der Waals surface area (Å²) in [7, 11) is -1.99. The fourth-order valence-electron chi connectivity index (χ4n) is 4.69. The third-order valence-corrected chi connectivity index (χ3v) is 8.81. The standard InChI is InChI=1S/C31H35N5O5S.C2HF3O2/c1-5-41-26-9-7-8-22(18-26)29(35-25-10-12-27-21(16-25)14-15-33-30(27)32)31(38)36(4)19-23-17-24(34-20(3)37)11-13-28(23)42(39,40)6-2;3-2(4,5)1(6)7/h7-18,29,35H,5-6,19H2,1-4H3,(H2,32,33)(H,34,37);(H,6,7). The highest BCUT2D eigenvalue weighted by atomic mass is 32.2. The molecule has 1 aromatic heterocycles. The molecule has 2 amide bonds. The molecule has 1 heterocycles. The number of anilines is 3. The van der Waals surface area contributed by atoms with Gasteiger partial charge in [0.1, 0.15) is 17.6 Å². The lowest BCUT2D eigenvalue weighted by molar-refractivity contribution is -0.192. The molecule has 0 radical (unpaired) electrons. The van der Waals surface area contributed by atoms with Crippen LogP contribution in [0.3, 0.4) is 0 Å². The number of alkyl halides is 3. The Balaban J connectivity index is 0.000000838. The van der Waals surface area contributed by atoms with Gasteiger partial charge in [0.25, 0.3) is 0 Å². The summed E-state index contributed by atoms with van der Waals surface area (Å²) in [5, 5.41) is 14.8. The maximum Gasteiger partial charge on any atom is 0.490 e. The minimum absolute atomic E-state index is 0.00985. The van der Waals surface area contributed by atoms with E-state index >= 15 is 0 Å². The first-order valence-electron chi connectivity index (χ1n) is 14.8. The number of aliphatic carboxylic acids is 1. The molecular formula is C33H36F3N5O7S. The maximum atomic E-state index is 14.1. The molecule has 0 aliphatic heterocycles. The van der Waals surface area contributed by atoms with Crippen LogP contribution in [0.15, 0.2) is 77.8 Å². The lowest BCUT2D eigenvalue weighted by Gasteiger charge is -2.27. The Morgan fingerprint density at radius 3 is 2.31 bits per heavy atom. The van der Waals surface area contributed by atoms with Gasteiger partial charge in [-0.25, -0.2) is 18.2 Å². The van der Waals surface area contributed by atoms with Gasteiger partial charge in [0.2, 0.25) is 11.8 Å². The lowest BCUT2D eigenvalue weighted by atomic mass is 10.0. The third-order valence-electron chi connectivity index (χ3n) is 6.98. The minimum atomic E-state index is -5.08. The number of benzene rings is 3. The van der Waals surface area contributed by atoms with E-state index in [1.807, 2.05) is 49.4 Å². The molecule has 16 heteroatoms. The van der Waals surface area contributed by atoms with Crippen LogP contribution in [0, 0.1) is 0 Å². The number of nitrogens with zero attached hydrogens (tertiary/aromatic N) is 2. The molecule has 1 atom stereocenters. The first-order chi connectivity index (χ1) is 23.0. The number of amides is 2. The van der Waals surface area contributed by atoms with Crippen molar-refractivity contribution in [2.75, 3.05) is 35.8 Å². The number of nitrogens with one attached hydrogen (secondary N) is 2. The third kappa shape index (κ3) is 10.3. The van der Waals surface area contributed by atoms with Crippen molar-refractivity contribution >= 4 is 55.6 Å². The van der Waals surface area contributed by atoms with Crippen molar-refractivity contribution in [1.82, 2.24) is 9.88 Å². The monoisotopic (exact) mass is 703 g/mol. The average Bonchev–Trinajstić information content (AvgIpc) is 3.03. The molecule has 49 heavy (non-hydrogen) atoms. The Hall–Kier alpha value is -5.38. The fraction of sp³-hybridized carbons (Fsp3) is 0.273. The summed E-state index contributed by atoms with van der Waals surface area (Å²) >= 11 is 0. The molecule has 0 saturated heterocycles. The zero-order valence-corrected chi connectivity index (χ0v) is 27.9. The number of halogens is 3. The number of carbonyl (C=O) groups is 3. The normalized spacial score (nSPS) is 11.9. The van der Waals surface area contributed by atoms with Crippen LogP contribution in [-0.2, 0) is 30.8 Å². The molecule has 0 saturated carbocycles. The molecule has 4 rings (SSSR count). The zero-order chi connectivity index (χ0) is 36.5. The van der Waals surface area contributed by atoms with Gasteiger partial charge in [-0.3, -0.25) is 9.59 Å². The van der Waals surface area contributed by atoms with E-state index in [0.29, 0.717) is 40.7 Å². The van der Waals surface area contributed by atoms with E-state index in [1.165, 1.54) is 17.9 Å². The van der Waals surface area contributed by atoms with Crippen LogP contribution in [0.4, 0.5) is 30.4 Å². The van der Waals surface area contributed by atoms with Crippen LogP contribution in [0.25, 0.3) is 10.8 Å². The molecule has 0 aliphatic rings. The van der Waals surface area contributed by atoms with E-state index in [-0.39, 0.29) is 29.0 Å². The van der Waals surface area contributed by atoms with E-state index < -0.39 is 28.0 Å². The number of hydrogen-bond acceptors (Lipinski definition) is 9. The van der Waals surface area contributed by atoms with Crippen molar-refractivity contribution in [3.05, 3.63) is 84.1 Å².